The molecule has 0 spiro atoms. The molecule has 3 heteroatoms. The molecule has 1 aromatic rings. The number of phenols is 1. The Bertz CT molecular complexity index is 401. The Labute approximate surface area is 95.3 Å². The van der Waals surface area contributed by atoms with E-state index < -0.39 is 0 Å². The van der Waals surface area contributed by atoms with Crippen molar-refractivity contribution in [1.82, 2.24) is 0 Å². The van der Waals surface area contributed by atoms with Crippen molar-refractivity contribution in [2.45, 2.75) is 38.6 Å². The molecule has 0 fully saturated rings. The average Bonchev–Trinajstić information content (AvgIpc) is 2.06. The van der Waals surface area contributed by atoms with Crippen molar-refractivity contribution in [3.05, 3.63) is 22.7 Å². The molecule has 2 rings (SSSR count). The Balaban J connectivity index is 2.55. The SMILES string of the molecule is CC1CC(C)(C)Nc2c(Cl)cc(O)cc21. The molecule has 0 aliphatic carbocycles. The molecular weight excluding hydrogens is 210 g/mol. The lowest BCUT2D eigenvalue weighted by Crippen LogP contribution is -2.36. The van der Waals surface area contributed by atoms with Crippen LogP contribution in [-0.2, 0) is 0 Å². The lowest BCUT2D eigenvalue weighted by atomic mass is 9.82. The topological polar surface area (TPSA) is 32.3 Å². The average molecular weight is 226 g/mol. The fourth-order valence-electron chi connectivity index (χ4n) is 2.40. The summed E-state index contributed by atoms with van der Waals surface area (Å²) in [6.07, 6.45) is 1.04. The molecule has 1 aliphatic heterocycles. The first-order valence-corrected chi connectivity index (χ1v) is 5.57. The van der Waals surface area contributed by atoms with Crippen LogP contribution in [0.5, 0.6) is 5.75 Å². The van der Waals surface area contributed by atoms with Gasteiger partial charge in [0.2, 0.25) is 0 Å². The summed E-state index contributed by atoms with van der Waals surface area (Å²) in [7, 11) is 0. The van der Waals surface area contributed by atoms with Crippen LogP contribution in [0.2, 0.25) is 5.02 Å². The van der Waals surface area contributed by atoms with Gasteiger partial charge in [-0.2, -0.15) is 0 Å². The number of hydrogen-bond donors (Lipinski definition) is 2. The van der Waals surface area contributed by atoms with Gasteiger partial charge in [0.25, 0.3) is 0 Å². The van der Waals surface area contributed by atoms with Gasteiger partial charge in [0.15, 0.2) is 0 Å². The highest BCUT2D eigenvalue weighted by Gasteiger charge is 2.30. The van der Waals surface area contributed by atoms with Gasteiger partial charge in [-0.1, -0.05) is 18.5 Å². The van der Waals surface area contributed by atoms with E-state index in [1.165, 1.54) is 0 Å². The summed E-state index contributed by atoms with van der Waals surface area (Å²) in [5.41, 5.74) is 2.14. The van der Waals surface area contributed by atoms with E-state index >= 15 is 0 Å². The molecule has 1 atom stereocenters. The quantitative estimate of drug-likeness (QED) is 0.660. The van der Waals surface area contributed by atoms with Gasteiger partial charge < -0.3 is 10.4 Å². The van der Waals surface area contributed by atoms with Crippen LogP contribution in [0.1, 0.15) is 38.7 Å². The number of nitrogens with one attached hydrogen (secondary N) is 1. The normalized spacial score (nSPS) is 23.1. The van der Waals surface area contributed by atoms with E-state index in [1.807, 2.05) is 0 Å². The monoisotopic (exact) mass is 225 g/mol. The summed E-state index contributed by atoms with van der Waals surface area (Å²) in [6, 6.07) is 3.38. The molecule has 0 radical (unpaired) electrons. The molecule has 0 bridgehead atoms. The molecule has 15 heavy (non-hydrogen) atoms. The van der Waals surface area contributed by atoms with Gasteiger partial charge in [-0.05, 0) is 37.8 Å². The number of hydrogen-bond acceptors (Lipinski definition) is 2. The van der Waals surface area contributed by atoms with Gasteiger partial charge in [-0.15, -0.1) is 0 Å². The van der Waals surface area contributed by atoms with Gasteiger partial charge in [-0.3, -0.25) is 0 Å². The molecule has 0 aromatic heterocycles. The van der Waals surface area contributed by atoms with Crippen molar-refractivity contribution in [3.8, 4) is 5.75 Å². The third kappa shape index (κ3) is 1.91. The molecule has 1 unspecified atom stereocenters. The molecule has 82 valence electrons. The van der Waals surface area contributed by atoms with E-state index in [0.717, 1.165) is 17.7 Å². The zero-order chi connectivity index (χ0) is 11.2. The smallest absolute Gasteiger partial charge is 0.117 e. The van der Waals surface area contributed by atoms with Crippen LogP contribution >= 0.6 is 11.6 Å². The second-order valence-electron chi connectivity index (χ2n) is 5.01. The molecule has 1 heterocycles. The third-order valence-corrected chi connectivity index (χ3v) is 3.21. The Hall–Kier alpha value is -0.890. The second-order valence-corrected chi connectivity index (χ2v) is 5.41. The number of anilines is 1. The maximum atomic E-state index is 9.50. The van der Waals surface area contributed by atoms with Crippen molar-refractivity contribution < 1.29 is 5.11 Å². The van der Waals surface area contributed by atoms with Crippen LogP contribution < -0.4 is 5.32 Å². The largest absolute Gasteiger partial charge is 0.508 e. The van der Waals surface area contributed by atoms with Gasteiger partial charge in [-0.25, -0.2) is 0 Å². The van der Waals surface area contributed by atoms with Crippen molar-refractivity contribution in [3.63, 3.8) is 0 Å². The van der Waals surface area contributed by atoms with E-state index in [1.54, 1.807) is 12.1 Å². The van der Waals surface area contributed by atoms with Gasteiger partial charge in [0.05, 0.1) is 10.7 Å². The van der Waals surface area contributed by atoms with Crippen molar-refractivity contribution in [1.29, 1.82) is 0 Å². The molecule has 2 nitrogen and oxygen atoms in total. The molecule has 0 saturated heterocycles. The van der Waals surface area contributed by atoms with Crippen LogP contribution in [0.25, 0.3) is 0 Å². The summed E-state index contributed by atoms with van der Waals surface area (Å²) in [4.78, 5) is 0. The standard InChI is InChI=1S/C12H16ClNO/c1-7-6-12(2,3)14-11-9(7)4-8(15)5-10(11)13/h4-5,7,14-15H,6H2,1-3H3. The first-order valence-electron chi connectivity index (χ1n) is 5.20. The number of aromatic hydroxyl groups is 1. The van der Waals surface area contributed by atoms with Gasteiger partial charge in [0.1, 0.15) is 5.75 Å². The van der Waals surface area contributed by atoms with Crippen molar-refractivity contribution in [2.75, 3.05) is 5.32 Å². The first-order chi connectivity index (χ1) is 6.89. The van der Waals surface area contributed by atoms with E-state index in [9.17, 15) is 5.11 Å². The van der Waals surface area contributed by atoms with E-state index in [-0.39, 0.29) is 11.3 Å². The Morgan fingerprint density at radius 1 is 1.47 bits per heavy atom. The maximum absolute atomic E-state index is 9.50. The molecule has 0 saturated carbocycles. The van der Waals surface area contributed by atoms with Crippen molar-refractivity contribution >= 4 is 17.3 Å². The Kier molecular flexibility index (Phi) is 2.34. The Morgan fingerprint density at radius 2 is 2.13 bits per heavy atom. The molecular formula is C12H16ClNO. The van der Waals surface area contributed by atoms with Crippen LogP contribution in [0.15, 0.2) is 12.1 Å². The van der Waals surface area contributed by atoms with Crippen LogP contribution in [0.4, 0.5) is 5.69 Å². The number of phenolic OH excluding ortho intramolecular Hbond substituents is 1. The minimum atomic E-state index is 0.0625. The first kappa shape index (κ1) is 10.6. The highest BCUT2D eigenvalue weighted by atomic mass is 35.5. The summed E-state index contributed by atoms with van der Waals surface area (Å²) < 4.78 is 0. The second kappa shape index (κ2) is 3.31. The minimum absolute atomic E-state index is 0.0625. The summed E-state index contributed by atoms with van der Waals surface area (Å²) >= 11 is 6.12. The number of rotatable bonds is 0. The van der Waals surface area contributed by atoms with Crippen LogP contribution in [0.3, 0.4) is 0 Å². The number of fused-ring (bicyclic) bond motifs is 1. The summed E-state index contributed by atoms with van der Waals surface area (Å²) in [6.45, 7) is 6.49. The highest BCUT2D eigenvalue weighted by Crippen LogP contribution is 2.43. The zero-order valence-corrected chi connectivity index (χ0v) is 10.0. The van der Waals surface area contributed by atoms with E-state index in [4.69, 9.17) is 11.6 Å². The Morgan fingerprint density at radius 3 is 2.80 bits per heavy atom. The third-order valence-electron chi connectivity index (χ3n) is 2.92. The van der Waals surface area contributed by atoms with E-state index in [2.05, 4.69) is 26.1 Å². The predicted octanol–water partition coefficient (Wildman–Crippen LogP) is 3.74. The maximum Gasteiger partial charge on any atom is 0.117 e. The fraction of sp³-hybridized carbons (Fsp3) is 0.500. The van der Waals surface area contributed by atoms with Crippen LogP contribution in [0, 0.1) is 0 Å². The lowest BCUT2D eigenvalue weighted by molar-refractivity contribution is 0.446. The fourth-order valence-corrected chi connectivity index (χ4v) is 2.67. The molecule has 0 amide bonds. The summed E-state index contributed by atoms with van der Waals surface area (Å²) in [5, 5.41) is 13.5. The lowest BCUT2D eigenvalue weighted by Gasteiger charge is -2.38. The molecule has 2 N–H and O–H groups in total. The van der Waals surface area contributed by atoms with Gasteiger partial charge >= 0.3 is 0 Å². The van der Waals surface area contributed by atoms with Gasteiger partial charge in [0, 0.05) is 11.6 Å². The predicted molar refractivity (Wildman–Crippen MR) is 63.9 cm³/mol. The molecule has 1 aromatic carbocycles. The minimum Gasteiger partial charge on any atom is -0.508 e. The summed E-state index contributed by atoms with van der Waals surface area (Å²) in [5.74, 6) is 0.660. The highest BCUT2D eigenvalue weighted by molar-refractivity contribution is 6.33. The molecule has 1 aliphatic rings. The number of halogens is 1. The van der Waals surface area contributed by atoms with Crippen LogP contribution in [-0.4, -0.2) is 10.6 Å². The van der Waals surface area contributed by atoms with Crippen molar-refractivity contribution in [2.24, 2.45) is 0 Å². The van der Waals surface area contributed by atoms with E-state index in [0.29, 0.717) is 10.9 Å². The zero-order valence-electron chi connectivity index (χ0n) is 9.26. The number of benzene rings is 1.